The molecule has 1 aromatic carbocycles. The molecular formula is C15H19Cl2NO3. The van der Waals surface area contributed by atoms with Gasteiger partial charge in [0.1, 0.15) is 5.75 Å². The molecule has 0 spiro atoms. The third-order valence-electron chi connectivity index (χ3n) is 3.95. The van der Waals surface area contributed by atoms with Crippen molar-refractivity contribution in [2.75, 3.05) is 7.11 Å². The maximum Gasteiger partial charge on any atom is 0.306 e. The standard InChI is InChI=1S/C15H19Cl2NO3/c1-21-14-10(6-11(16)7-13(14)17)8-18-12-4-2-9(3-5-12)15(19)20/h6-7,9,12,18H,2-5,8H2,1H3,(H,19,20). The Bertz CT molecular complexity index is 514. The molecule has 2 N–H and O–H groups in total. The first-order chi connectivity index (χ1) is 10.0. The second kappa shape index (κ2) is 7.34. The highest BCUT2D eigenvalue weighted by Gasteiger charge is 2.25. The van der Waals surface area contributed by atoms with Crippen LogP contribution in [0.5, 0.6) is 5.75 Å². The van der Waals surface area contributed by atoms with Gasteiger partial charge in [-0.05, 0) is 37.8 Å². The zero-order chi connectivity index (χ0) is 15.4. The molecule has 0 heterocycles. The van der Waals surface area contributed by atoms with Gasteiger partial charge < -0.3 is 15.2 Å². The zero-order valence-electron chi connectivity index (χ0n) is 11.9. The van der Waals surface area contributed by atoms with E-state index in [2.05, 4.69) is 5.32 Å². The summed E-state index contributed by atoms with van der Waals surface area (Å²) in [6, 6.07) is 3.81. The van der Waals surface area contributed by atoms with Crippen molar-refractivity contribution in [1.82, 2.24) is 5.32 Å². The van der Waals surface area contributed by atoms with Crippen LogP contribution in [0.4, 0.5) is 0 Å². The maximum atomic E-state index is 10.9. The first kappa shape index (κ1) is 16.4. The number of benzene rings is 1. The van der Waals surface area contributed by atoms with E-state index in [9.17, 15) is 4.79 Å². The molecule has 0 unspecified atom stereocenters. The van der Waals surface area contributed by atoms with Gasteiger partial charge in [-0.1, -0.05) is 23.2 Å². The minimum absolute atomic E-state index is 0.196. The lowest BCUT2D eigenvalue weighted by Gasteiger charge is -2.27. The second-order valence-electron chi connectivity index (χ2n) is 5.35. The summed E-state index contributed by atoms with van der Waals surface area (Å²) in [5, 5.41) is 13.5. The first-order valence-corrected chi connectivity index (χ1v) is 7.75. The van der Waals surface area contributed by atoms with Crippen LogP contribution in [0, 0.1) is 5.92 Å². The van der Waals surface area contributed by atoms with Gasteiger partial charge >= 0.3 is 5.97 Å². The van der Waals surface area contributed by atoms with Crippen molar-refractivity contribution < 1.29 is 14.6 Å². The molecule has 0 bridgehead atoms. The fourth-order valence-corrected chi connectivity index (χ4v) is 3.39. The summed E-state index contributed by atoms with van der Waals surface area (Å²) in [6.07, 6.45) is 3.18. The molecule has 2 rings (SSSR count). The number of ether oxygens (including phenoxy) is 1. The number of hydrogen-bond acceptors (Lipinski definition) is 3. The Morgan fingerprint density at radius 3 is 2.57 bits per heavy atom. The number of aliphatic carboxylic acids is 1. The van der Waals surface area contributed by atoms with Crippen LogP contribution in [-0.2, 0) is 11.3 Å². The number of methoxy groups -OCH3 is 1. The molecule has 0 saturated heterocycles. The molecular weight excluding hydrogens is 313 g/mol. The molecule has 4 nitrogen and oxygen atoms in total. The molecule has 21 heavy (non-hydrogen) atoms. The van der Waals surface area contributed by atoms with E-state index in [-0.39, 0.29) is 5.92 Å². The molecule has 0 aliphatic heterocycles. The molecule has 0 aromatic heterocycles. The minimum Gasteiger partial charge on any atom is -0.495 e. The number of carboxylic acids is 1. The topological polar surface area (TPSA) is 58.6 Å². The Morgan fingerprint density at radius 2 is 2.00 bits per heavy atom. The summed E-state index contributed by atoms with van der Waals surface area (Å²) in [7, 11) is 1.58. The normalized spacial score (nSPS) is 22.0. The number of rotatable bonds is 5. The van der Waals surface area contributed by atoms with Crippen LogP contribution in [0.15, 0.2) is 12.1 Å². The summed E-state index contributed by atoms with van der Waals surface area (Å²) < 4.78 is 5.31. The van der Waals surface area contributed by atoms with E-state index in [0.29, 0.717) is 28.4 Å². The van der Waals surface area contributed by atoms with Crippen molar-refractivity contribution in [1.29, 1.82) is 0 Å². The second-order valence-corrected chi connectivity index (χ2v) is 6.19. The highest BCUT2D eigenvalue weighted by Crippen LogP contribution is 2.32. The van der Waals surface area contributed by atoms with E-state index in [4.69, 9.17) is 33.0 Å². The van der Waals surface area contributed by atoms with Crippen molar-refractivity contribution in [2.45, 2.75) is 38.3 Å². The fourth-order valence-electron chi connectivity index (χ4n) is 2.77. The van der Waals surface area contributed by atoms with Gasteiger partial charge in [0.05, 0.1) is 18.1 Å². The van der Waals surface area contributed by atoms with Crippen molar-refractivity contribution in [3.63, 3.8) is 0 Å². The number of halogens is 2. The van der Waals surface area contributed by atoms with Crippen LogP contribution in [0.3, 0.4) is 0 Å². The third kappa shape index (κ3) is 4.25. The van der Waals surface area contributed by atoms with Crippen LogP contribution in [0.2, 0.25) is 10.0 Å². The monoisotopic (exact) mass is 331 g/mol. The molecule has 116 valence electrons. The Labute approximate surface area is 134 Å². The fraction of sp³-hybridized carbons (Fsp3) is 0.533. The van der Waals surface area contributed by atoms with Crippen LogP contribution in [0.25, 0.3) is 0 Å². The van der Waals surface area contributed by atoms with E-state index in [1.54, 1.807) is 13.2 Å². The maximum absolute atomic E-state index is 10.9. The van der Waals surface area contributed by atoms with Gasteiger partial charge in [0.25, 0.3) is 0 Å². The van der Waals surface area contributed by atoms with Crippen molar-refractivity contribution >= 4 is 29.2 Å². The van der Waals surface area contributed by atoms with E-state index in [1.807, 2.05) is 6.07 Å². The molecule has 1 aliphatic carbocycles. The van der Waals surface area contributed by atoms with Crippen LogP contribution < -0.4 is 10.1 Å². The Balaban J connectivity index is 1.94. The van der Waals surface area contributed by atoms with Crippen molar-refractivity contribution in [3.8, 4) is 5.75 Å². The highest BCUT2D eigenvalue weighted by atomic mass is 35.5. The first-order valence-electron chi connectivity index (χ1n) is 6.99. The van der Waals surface area contributed by atoms with Crippen LogP contribution >= 0.6 is 23.2 Å². The van der Waals surface area contributed by atoms with Crippen LogP contribution in [-0.4, -0.2) is 24.2 Å². The van der Waals surface area contributed by atoms with E-state index in [0.717, 1.165) is 31.2 Å². The van der Waals surface area contributed by atoms with Gasteiger partial charge in [-0.25, -0.2) is 0 Å². The average Bonchev–Trinajstić information content (AvgIpc) is 2.45. The van der Waals surface area contributed by atoms with Gasteiger partial charge in [0.15, 0.2) is 0 Å². The van der Waals surface area contributed by atoms with E-state index < -0.39 is 5.97 Å². The molecule has 0 radical (unpaired) electrons. The summed E-state index contributed by atoms with van der Waals surface area (Å²) in [6.45, 7) is 0.603. The lowest BCUT2D eigenvalue weighted by atomic mass is 9.86. The highest BCUT2D eigenvalue weighted by molar-refractivity contribution is 6.35. The largest absolute Gasteiger partial charge is 0.495 e. The molecule has 1 aliphatic rings. The minimum atomic E-state index is -0.684. The number of carbonyl (C=O) groups is 1. The Hall–Kier alpha value is -0.970. The van der Waals surface area contributed by atoms with Crippen molar-refractivity contribution in [2.24, 2.45) is 5.92 Å². The zero-order valence-corrected chi connectivity index (χ0v) is 13.4. The third-order valence-corrected chi connectivity index (χ3v) is 4.45. The van der Waals surface area contributed by atoms with E-state index >= 15 is 0 Å². The molecule has 6 heteroatoms. The average molecular weight is 332 g/mol. The molecule has 0 atom stereocenters. The van der Waals surface area contributed by atoms with Gasteiger partial charge in [-0.3, -0.25) is 4.79 Å². The lowest BCUT2D eigenvalue weighted by molar-refractivity contribution is -0.142. The number of nitrogens with one attached hydrogen (secondary N) is 1. The van der Waals surface area contributed by atoms with Gasteiger partial charge in [0, 0.05) is 23.2 Å². The number of carboxylic acid groups (broad SMARTS) is 1. The summed E-state index contributed by atoms with van der Waals surface area (Å²) in [5.74, 6) is -0.247. The molecule has 1 saturated carbocycles. The Morgan fingerprint density at radius 1 is 1.33 bits per heavy atom. The Kier molecular flexibility index (Phi) is 5.73. The van der Waals surface area contributed by atoms with Gasteiger partial charge in [0.2, 0.25) is 0 Å². The van der Waals surface area contributed by atoms with E-state index in [1.165, 1.54) is 0 Å². The molecule has 1 aromatic rings. The summed E-state index contributed by atoms with van der Waals surface area (Å²) in [5.41, 5.74) is 0.912. The predicted molar refractivity (Wildman–Crippen MR) is 83.2 cm³/mol. The molecule has 1 fully saturated rings. The van der Waals surface area contributed by atoms with Crippen LogP contribution in [0.1, 0.15) is 31.2 Å². The molecule has 0 amide bonds. The van der Waals surface area contributed by atoms with Gasteiger partial charge in [-0.15, -0.1) is 0 Å². The summed E-state index contributed by atoms with van der Waals surface area (Å²) in [4.78, 5) is 10.9. The van der Waals surface area contributed by atoms with Gasteiger partial charge in [-0.2, -0.15) is 0 Å². The lowest BCUT2D eigenvalue weighted by Crippen LogP contribution is -2.34. The smallest absolute Gasteiger partial charge is 0.306 e. The summed E-state index contributed by atoms with van der Waals surface area (Å²) >= 11 is 12.1. The predicted octanol–water partition coefficient (Wildman–Crippen LogP) is 3.74. The van der Waals surface area contributed by atoms with Crippen molar-refractivity contribution in [3.05, 3.63) is 27.7 Å². The SMILES string of the molecule is COc1c(Cl)cc(Cl)cc1CNC1CCC(C(=O)O)CC1. The number of hydrogen-bond donors (Lipinski definition) is 2. The quantitative estimate of drug-likeness (QED) is 0.862.